The van der Waals surface area contributed by atoms with Crippen molar-refractivity contribution in [1.82, 2.24) is 10.2 Å². The van der Waals surface area contributed by atoms with Crippen LogP contribution >= 0.6 is 0 Å². The van der Waals surface area contributed by atoms with Gasteiger partial charge >= 0.3 is 0 Å². The number of rotatable bonds is 2. The monoisotopic (exact) mass is 243 g/mol. The lowest BCUT2D eigenvalue weighted by molar-refractivity contribution is 0.367. The number of hydrogen-bond acceptors (Lipinski definition) is 4. The Labute approximate surface area is 106 Å². The fourth-order valence-electron chi connectivity index (χ4n) is 2.54. The maximum atomic E-state index is 5.79. The number of nitrogens with two attached hydrogens (primary N) is 1. The van der Waals surface area contributed by atoms with Crippen LogP contribution < -0.4 is 5.73 Å². The van der Waals surface area contributed by atoms with Crippen molar-refractivity contribution < 1.29 is 4.42 Å². The van der Waals surface area contributed by atoms with Crippen LogP contribution in [-0.4, -0.2) is 10.2 Å². The van der Waals surface area contributed by atoms with Crippen LogP contribution in [0.25, 0.3) is 11.5 Å². The van der Waals surface area contributed by atoms with Crippen molar-refractivity contribution in [2.75, 3.05) is 5.73 Å². The third-order valence-electron chi connectivity index (χ3n) is 3.53. The lowest BCUT2D eigenvalue weighted by atomic mass is 9.89. The predicted octanol–water partition coefficient (Wildman–Crippen LogP) is 3.37. The summed E-state index contributed by atoms with van der Waals surface area (Å²) in [5.74, 6) is 1.80. The number of anilines is 1. The second-order valence-corrected chi connectivity index (χ2v) is 4.91. The Kier molecular flexibility index (Phi) is 3.00. The van der Waals surface area contributed by atoms with Crippen LogP contribution in [0.15, 0.2) is 28.7 Å². The van der Waals surface area contributed by atoms with Crippen LogP contribution in [0.4, 0.5) is 5.69 Å². The van der Waals surface area contributed by atoms with E-state index in [2.05, 4.69) is 10.2 Å². The van der Waals surface area contributed by atoms with Gasteiger partial charge in [0.15, 0.2) is 0 Å². The molecule has 3 rings (SSSR count). The van der Waals surface area contributed by atoms with Crippen molar-refractivity contribution in [2.45, 2.75) is 38.0 Å². The topological polar surface area (TPSA) is 64.9 Å². The van der Waals surface area contributed by atoms with Crippen LogP contribution in [0.1, 0.15) is 43.9 Å². The number of hydrogen-bond donors (Lipinski definition) is 1. The Hall–Kier alpha value is -1.84. The number of aromatic nitrogens is 2. The maximum absolute atomic E-state index is 5.79. The van der Waals surface area contributed by atoms with Crippen LogP contribution in [0.5, 0.6) is 0 Å². The van der Waals surface area contributed by atoms with E-state index in [1.807, 2.05) is 24.3 Å². The largest absolute Gasteiger partial charge is 0.420 e. The Morgan fingerprint density at radius 3 is 2.72 bits per heavy atom. The molecule has 1 heterocycles. The Bertz CT molecular complexity index is 529. The SMILES string of the molecule is Nc1cccc(-c2nnc(C3CCCCC3)o2)c1. The highest BCUT2D eigenvalue weighted by molar-refractivity contribution is 5.59. The smallest absolute Gasteiger partial charge is 0.247 e. The first-order chi connectivity index (χ1) is 8.83. The van der Waals surface area contributed by atoms with Gasteiger partial charge in [-0.2, -0.15) is 0 Å². The molecule has 2 N–H and O–H groups in total. The third kappa shape index (κ3) is 2.23. The van der Waals surface area contributed by atoms with E-state index in [1.165, 1.54) is 32.1 Å². The quantitative estimate of drug-likeness (QED) is 0.821. The molecule has 1 fully saturated rings. The molecule has 4 heteroatoms. The molecular weight excluding hydrogens is 226 g/mol. The van der Waals surface area contributed by atoms with E-state index in [0.29, 0.717) is 17.5 Å². The average Bonchev–Trinajstić information content (AvgIpc) is 2.89. The minimum Gasteiger partial charge on any atom is -0.420 e. The van der Waals surface area contributed by atoms with Crippen LogP contribution in [0.2, 0.25) is 0 Å². The zero-order chi connectivity index (χ0) is 12.4. The minimum atomic E-state index is 0.445. The first-order valence-electron chi connectivity index (χ1n) is 6.52. The molecule has 1 aromatic heterocycles. The first-order valence-corrected chi connectivity index (χ1v) is 6.52. The Morgan fingerprint density at radius 1 is 1.11 bits per heavy atom. The lowest BCUT2D eigenvalue weighted by Gasteiger charge is -2.17. The molecule has 0 aliphatic heterocycles. The third-order valence-corrected chi connectivity index (χ3v) is 3.53. The molecule has 4 nitrogen and oxygen atoms in total. The standard InChI is InChI=1S/C14H17N3O/c15-12-8-4-7-11(9-12)14-17-16-13(18-14)10-5-2-1-3-6-10/h4,7-10H,1-3,5-6,15H2. The second-order valence-electron chi connectivity index (χ2n) is 4.91. The summed E-state index contributed by atoms with van der Waals surface area (Å²) in [4.78, 5) is 0. The molecular formula is C14H17N3O. The molecule has 18 heavy (non-hydrogen) atoms. The van der Waals surface area contributed by atoms with Crippen LogP contribution in [0.3, 0.4) is 0 Å². The van der Waals surface area contributed by atoms with Gasteiger partial charge in [0.05, 0.1) is 0 Å². The summed E-state index contributed by atoms with van der Waals surface area (Å²) in [6.07, 6.45) is 6.19. The van der Waals surface area contributed by atoms with Crippen molar-refractivity contribution in [2.24, 2.45) is 0 Å². The first kappa shape index (κ1) is 11.3. The van der Waals surface area contributed by atoms with Gasteiger partial charge in [0.2, 0.25) is 11.8 Å². The Morgan fingerprint density at radius 2 is 1.94 bits per heavy atom. The van der Waals surface area contributed by atoms with Crippen molar-refractivity contribution in [3.8, 4) is 11.5 Å². The number of nitrogen functional groups attached to an aromatic ring is 1. The van der Waals surface area contributed by atoms with Crippen molar-refractivity contribution in [1.29, 1.82) is 0 Å². The van der Waals surface area contributed by atoms with Gasteiger partial charge in [0.1, 0.15) is 0 Å². The zero-order valence-electron chi connectivity index (χ0n) is 10.3. The van der Waals surface area contributed by atoms with Gasteiger partial charge in [-0.05, 0) is 31.0 Å². The highest BCUT2D eigenvalue weighted by Gasteiger charge is 2.21. The van der Waals surface area contributed by atoms with Crippen molar-refractivity contribution in [3.05, 3.63) is 30.2 Å². The summed E-state index contributed by atoms with van der Waals surface area (Å²) in [5.41, 5.74) is 7.36. The predicted molar refractivity (Wildman–Crippen MR) is 70.0 cm³/mol. The van der Waals surface area contributed by atoms with Crippen LogP contribution in [-0.2, 0) is 0 Å². The van der Waals surface area contributed by atoms with Crippen LogP contribution in [0, 0.1) is 0 Å². The summed E-state index contributed by atoms with van der Waals surface area (Å²) < 4.78 is 5.79. The zero-order valence-corrected chi connectivity index (χ0v) is 10.3. The van der Waals surface area contributed by atoms with E-state index in [0.717, 1.165) is 11.5 Å². The molecule has 0 saturated heterocycles. The molecule has 0 bridgehead atoms. The Balaban J connectivity index is 1.84. The van der Waals surface area contributed by atoms with E-state index < -0.39 is 0 Å². The molecule has 0 radical (unpaired) electrons. The molecule has 0 amide bonds. The van der Waals surface area contributed by atoms with Gasteiger partial charge in [-0.25, -0.2) is 0 Å². The molecule has 0 atom stereocenters. The van der Waals surface area contributed by atoms with Gasteiger partial charge < -0.3 is 10.2 Å². The van der Waals surface area contributed by atoms with E-state index in [9.17, 15) is 0 Å². The summed E-state index contributed by atoms with van der Waals surface area (Å²) in [6.45, 7) is 0. The molecule has 1 saturated carbocycles. The number of benzene rings is 1. The van der Waals surface area contributed by atoms with Gasteiger partial charge in [0, 0.05) is 17.2 Å². The highest BCUT2D eigenvalue weighted by Crippen LogP contribution is 2.33. The summed E-state index contributed by atoms with van der Waals surface area (Å²) in [7, 11) is 0. The van der Waals surface area contributed by atoms with E-state index in [4.69, 9.17) is 10.2 Å². The normalized spacial score (nSPS) is 16.9. The van der Waals surface area contributed by atoms with Gasteiger partial charge in [-0.15, -0.1) is 10.2 Å². The van der Waals surface area contributed by atoms with E-state index in [1.54, 1.807) is 0 Å². The second kappa shape index (κ2) is 4.80. The maximum Gasteiger partial charge on any atom is 0.247 e. The molecule has 94 valence electrons. The fraction of sp³-hybridized carbons (Fsp3) is 0.429. The van der Waals surface area contributed by atoms with Crippen molar-refractivity contribution in [3.63, 3.8) is 0 Å². The molecule has 2 aromatic rings. The van der Waals surface area contributed by atoms with E-state index >= 15 is 0 Å². The summed E-state index contributed by atoms with van der Waals surface area (Å²) in [5, 5.41) is 8.32. The lowest BCUT2D eigenvalue weighted by Crippen LogP contribution is -2.04. The molecule has 1 aromatic carbocycles. The molecule has 1 aliphatic carbocycles. The summed E-state index contributed by atoms with van der Waals surface area (Å²) >= 11 is 0. The van der Waals surface area contributed by atoms with Gasteiger partial charge in [-0.1, -0.05) is 25.3 Å². The molecule has 1 aliphatic rings. The fourth-order valence-corrected chi connectivity index (χ4v) is 2.54. The highest BCUT2D eigenvalue weighted by atomic mass is 16.4. The average molecular weight is 243 g/mol. The van der Waals surface area contributed by atoms with E-state index in [-0.39, 0.29) is 0 Å². The van der Waals surface area contributed by atoms with Gasteiger partial charge in [-0.3, -0.25) is 0 Å². The molecule has 0 spiro atoms. The number of nitrogens with zero attached hydrogens (tertiary/aromatic N) is 2. The summed E-state index contributed by atoms with van der Waals surface area (Å²) in [6, 6.07) is 7.55. The van der Waals surface area contributed by atoms with Crippen molar-refractivity contribution >= 4 is 5.69 Å². The minimum absolute atomic E-state index is 0.445. The molecule has 0 unspecified atom stereocenters. The van der Waals surface area contributed by atoms with Gasteiger partial charge in [0.25, 0.3) is 0 Å².